The van der Waals surface area contributed by atoms with Crippen molar-refractivity contribution in [1.29, 1.82) is 0 Å². The van der Waals surface area contributed by atoms with E-state index in [0.29, 0.717) is 17.7 Å². The van der Waals surface area contributed by atoms with Crippen LogP contribution >= 0.6 is 11.8 Å². The van der Waals surface area contributed by atoms with Gasteiger partial charge in [-0.05, 0) is 75.3 Å². The van der Waals surface area contributed by atoms with Crippen LogP contribution in [0, 0.1) is 5.92 Å². The fraction of sp³-hybridized carbons (Fsp3) is 0.378. The van der Waals surface area contributed by atoms with Gasteiger partial charge in [0.15, 0.2) is 18.3 Å². The Morgan fingerprint density at radius 3 is 1.71 bits per heavy atom. The van der Waals surface area contributed by atoms with Crippen LogP contribution in [0.2, 0.25) is 0 Å². The normalized spacial score (nSPS) is 27.1. The van der Waals surface area contributed by atoms with E-state index in [0.717, 1.165) is 0 Å². The lowest BCUT2D eigenvalue weighted by atomic mass is 9.87. The van der Waals surface area contributed by atoms with Gasteiger partial charge in [-0.1, -0.05) is 73.7 Å². The smallest absolute Gasteiger partial charge is 0.338 e. The molecule has 2 aliphatic rings. The van der Waals surface area contributed by atoms with Crippen molar-refractivity contribution >= 4 is 41.0 Å². The molecule has 9 nitrogen and oxygen atoms in total. The van der Waals surface area contributed by atoms with Crippen molar-refractivity contribution < 1.29 is 37.9 Å². The molecule has 5 unspecified atom stereocenters. The van der Waals surface area contributed by atoms with Crippen LogP contribution in [0.25, 0.3) is 0 Å². The lowest BCUT2D eigenvalue weighted by Gasteiger charge is -2.48. The number of hydrogen-bond donors (Lipinski definition) is 1. The summed E-state index contributed by atoms with van der Waals surface area (Å²) in [6.45, 7) is 7.53. The SMILES string of the molecule is C[C@H]1/C=C/CCSC2OC(C(OC(=O)c3ccccc3)C(OC(=O)c3ccccc3)C2OC(=O)c2ccccc2)[C@@H]1N[S@+]([O-])C(C)(C)C. The summed E-state index contributed by atoms with van der Waals surface area (Å²) < 4.78 is 41.6. The van der Waals surface area contributed by atoms with Crippen LogP contribution in [0.4, 0.5) is 0 Å². The number of allylic oxidation sites excluding steroid dienone is 1. The Balaban J connectivity index is 1.63. The molecule has 0 aromatic heterocycles. The molecule has 48 heavy (non-hydrogen) atoms. The quantitative estimate of drug-likeness (QED) is 0.128. The van der Waals surface area contributed by atoms with E-state index >= 15 is 0 Å². The number of carbonyl (C=O) groups excluding carboxylic acids is 3. The minimum atomic E-state index is -1.55. The molecule has 0 aliphatic carbocycles. The molecular formula is C37H41NO8S2. The second kappa shape index (κ2) is 16.2. The largest absolute Gasteiger partial charge is 0.598 e. The molecule has 2 bridgehead atoms. The first-order valence-corrected chi connectivity index (χ1v) is 18.1. The standard InChI is InChI=1S/C37H41NO8S2/c1-24-16-14-15-23-47-36-32(45-35(41)27-21-12-7-13-22-27)31(44-34(40)26-19-10-6-11-20-26)30(43-33(39)25-17-8-5-9-18-25)29(46-36)28(24)38-48(42)37(2,3)4/h5-14,16-22,24,28-32,36,38H,15,23H2,1-4H3/b16-14+/t24-,28+,29?,30?,31?,32?,36?,48+/m0/s1. The first-order chi connectivity index (χ1) is 23.0. The third-order valence-electron chi connectivity index (χ3n) is 8.01. The van der Waals surface area contributed by atoms with Crippen LogP contribution in [-0.4, -0.2) is 68.9 Å². The van der Waals surface area contributed by atoms with Crippen LogP contribution in [0.3, 0.4) is 0 Å². The zero-order valence-electron chi connectivity index (χ0n) is 27.4. The minimum Gasteiger partial charge on any atom is -0.598 e. The second-order valence-corrected chi connectivity index (χ2v) is 15.9. The minimum absolute atomic E-state index is 0.253. The molecule has 5 rings (SSSR count). The zero-order valence-corrected chi connectivity index (χ0v) is 29.0. The number of nitrogens with one attached hydrogen (secondary N) is 1. The van der Waals surface area contributed by atoms with Gasteiger partial charge in [0.2, 0.25) is 0 Å². The van der Waals surface area contributed by atoms with Gasteiger partial charge < -0.3 is 23.5 Å². The van der Waals surface area contributed by atoms with E-state index in [9.17, 15) is 18.9 Å². The van der Waals surface area contributed by atoms with E-state index in [1.165, 1.54) is 11.8 Å². The topological polar surface area (TPSA) is 123 Å². The van der Waals surface area contributed by atoms with Crippen LogP contribution in [-0.2, 0) is 30.3 Å². The molecule has 0 radical (unpaired) electrons. The molecule has 11 heteroatoms. The summed E-state index contributed by atoms with van der Waals surface area (Å²) in [7, 11) is 0. The second-order valence-electron chi connectivity index (χ2n) is 12.6. The molecule has 8 atom stereocenters. The monoisotopic (exact) mass is 691 g/mol. The summed E-state index contributed by atoms with van der Waals surface area (Å²) >= 11 is -0.145. The molecule has 3 aromatic carbocycles. The summed E-state index contributed by atoms with van der Waals surface area (Å²) in [5.74, 6) is -1.66. The van der Waals surface area contributed by atoms with Gasteiger partial charge in [-0.2, -0.15) is 0 Å². The molecule has 1 saturated heterocycles. The Morgan fingerprint density at radius 1 is 0.771 bits per heavy atom. The predicted molar refractivity (Wildman–Crippen MR) is 186 cm³/mol. The average molecular weight is 692 g/mol. The number of benzene rings is 3. The van der Waals surface area contributed by atoms with Gasteiger partial charge in [-0.15, -0.1) is 16.5 Å². The fourth-order valence-corrected chi connectivity index (χ4v) is 7.47. The number of esters is 3. The fourth-order valence-electron chi connectivity index (χ4n) is 5.41. The van der Waals surface area contributed by atoms with E-state index in [-0.39, 0.29) is 17.0 Å². The van der Waals surface area contributed by atoms with Gasteiger partial charge in [-0.25, -0.2) is 14.4 Å². The van der Waals surface area contributed by atoms with Crippen molar-refractivity contribution in [3.05, 3.63) is 120 Å². The lowest BCUT2D eigenvalue weighted by molar-refractivity contribution is -0.207. The van der Waals surface area contributed by atoms with E-state index in [1.54, 1.807) is 91.0 Å². The zero-order chi connectivity index (χ0) is 34.3. The number of hydrogen-bond acceptors (Lipinski definition) is 10. The molecule has 2 aliphatic heterocycles. The summed E-state index contributed by atoms with van der Waals surface area (Å²) in [5, 5.41) is 0. The number of thioether (sulfide) groups is 1. The highest BCUT2D eigenvalue weighted by Gasteiger charge is 2.56. The molecular weight excluding hydrogens is 651 g/mol. The molecule has 2 heterocycles. The molecule has 0 amide bonds. The summed E-state index contributed by atoms with van der Waals surface area (Å²) in [6.07, 6.45) is 0.0418. The van der Waals surface area contributed by atoms with Crippen molar-refractivity contribution in [2.45, 2.75) is 74.8 Å². The Hall–Kier alpha value is -3.61. The van der Waals surface area contributed by atoms with E-state index < -0.39 is 69.9 Å². The molecule has 0 spiro atoms. The van der Waals surface area contributed by atoms with Crippen LogP contribution < -0.4 is 4.72 Å². The van der Waals surface area contributed by atoms with Crippen molar-refractivity contribution in [2.24, 2.45) is 5.92 Å². The first-order valence-electron chi connectivity index (χ1n) is 15.9. The highest BCUT2D eigenvalue weighted by Crippen LogP contribution is 2.39. The molecule has 254 valence electrons. The number of carbonyl (C=O) groups is 3. The lowest BCUT2D eigenvalue weighted by Crippen LogP contribution is -2.67. The number of fused-ring (bicyclic) bond motifs is 2. The summed E-state index contributed by atoms with van der Waals surface area (Å²) in [5.41, 5.74) is 0.0172. The Labute approximate surface area is 289 Å². The highest BCUT2D eigenvalue weighted by atomic mass is 32.2. The Kier molecular flexibility index (Phi) is 12.0. The summed E-state index contributed by atoms with van der Waals surface area (Å²) in [6, 6.07) is 24.7. The summed E-state index contributed by atoms with van der Waals surface area (Å²) in [4.78, 5) is 41.1. The van der Waals surface area contributed by atoms with E-state index in [4.69, 9.17) is 18.9 Å². The van der Waals surface area contributed by atoms with Crippen molar-refractivity contribution in [2.75, 3.05) is 5.75 Å². The van der Waals surface area contributed by atoms with E-state index in [2.05, 4.69) is 10.8 Å². The van der Waals surface area contributed by atoms with Crippen molar-refractivity contribution in [3.63, 3.8) is 0 Å². The van der Waals surface area contributed by atoms with Crippen LogP contribution in [0.5, 0.6) is 0 Å². The molecule has 0 saturated carbocycles. The highest BCUT2D eigenvalue weighted by molar-refractivity contribution is 7.99. The van der Waals surface area contributed by atoms with Crippen molar-refractivity contribution in [1.82, 2.24) is 4.72 Å². The Morgan fingerprint density at radius 2 is 1.23 bits per heavy atom. The third-order valence-corrected chi connectivity index (χ3v) is 10.8. The van der Waals surface area contributed by atoms with E-state index in [1.807, 2.05) is 33.8 Å². The van der Waals surface area contributed by atoms with Gasteiger partial charge in [0.05, 0.1) is 22.7 Å². The molecule has 3 aromatic rings. The van der Waals surface area contributed by atoms with Gasteiger partial charge in [0, 0.05) is 11.4 Å². The number of rotatable bonds is 8. The third kappa shape index (κ3) is 8.89. The van der Waals surface area contributed by atoms with Gasteiger partial charge in [0.25, 0.3) is 0 Å². The maximum Gasteiger partial charge on any atom is 0.338 e. The average Bonchev–Trinajstić information content (AvgIpc) is 3.09. The van der Waals surface area contributed by atoms with Gasteiger partial charge in [0.1, 0.15) is 16.3 Å². The van der Waals surface area contributed by atoms with Crippen molar-refractivity contribution in [3.8, 4) is 0 Å². The maximum absolute atomic E-state index is 13.7. The molecule has 1 N–H and O–H groups in total. The Bertz CT molecular complexity index is 1550. The predicted octanol–water partition coefficient (Wildman–Crippen LogP) is 6.14. The van der Waals surface area contributed by atoms with Gasteiger partial charge >= 0.3 is 17.9 Å². The number of ether oxygens (including phenoxy) is 4. The van der Waals surface area contributed by atoms with Gasteiger partial charge in [-0.3, -0.25) is 0 Å². The first kappa shape index (κ1) is 35.7. The van der Waals surface area contributed by atoms with Crippen LogP contribution in [0.1, 0.15) is 65.2 Å². The van der Waals surface area contributed by atoms with Crippen LogP contribution in [0.15, 0.2) is 103 Å². The molecule has 1 fully saturated rings. The maximum atomic E-state index is 13.7.